The maximum absolute atomic E-state index is 11.7. The first-order valence-corrected chi connectivity index (χ1v) is 8.33. The molecular formula is C17H28ClIN4O. The van der Waals surface area contributed by atoms with Crippen molar-refractivity contribution < 1.29 is 4.79 Å². The van der Waals surface area contributed by atoms with Gasteiger partial charge in [0.15, 0.2) is 5.96 Å². The molecule has 2 N–H and O–H groups in total. The first-order valence-electron chi connectivity index (χ1n) is 7.95. The van der Waals surface area contributed by atoms with Crippen LogP contribution in [0.15, 0.2) is 29.3 Å². The molecule has 0 unspecified atom stereocenters. The number of nitrogens with zero attached hydrogens (tertiary/aromatic N) is 2. The van der Waals surface area contributed by atoms with Crippen LogP contribution in [0, 0.1) is 0 Å². The topological polar surface area (TPSA) is 56.7 Å². The van der Waals surface area contributed by atoms with Gasteiger partial charge in [-0.05, 0) is 38.5 Å². The van der Waals surface area contributed by atoms with Crippen molar-refractivity contribution in [3.05, 3.63) is 34.9 Å². The Morgan fingerprint density at radius 1 is 1.29 bits per heavy atom. The molecule has 0 aliphatic rings. The fourth-order valence-corrected chi connectivity index (χ4v) is 2.19. The van der Waals surface area contributed by atoms with Crippen molar-refractivity contribution in [3.8, 4) is 0 Å². The highest BCUT2D eigenvalue weighted by molar-refractivity contribution is 14.0. The Hall–Kier alpha value is -1.02. The predicted molar refractivity (Wildman–Crippen MR) is 112 cm³/mol. The summed E-state index contributed by atoms with van der Waals surface area (Å²) in [5.41, 5.74) is 1.15. The molecule has 1 rings (SSSR count). The Bertz CT molecular complexity index is 520. The summed E-state index contributed by atoms with van der Waals surface area (Å²) in [6.45, 7) is 7.89. The van der Waals surface area contributed by atoms with Gasteiger partial charge in [0.2, 0.25) is 5.91 Å². The van der Waals surface area contributed by atoms with Gasteiger partial charge >= 0.3 is 0 Å². The van der Waals surface area contributed by atoms with Crippen molar-refractivity contribution in [1.29, 1.82) is 0 Å². The van der Waals surface area contributed by atoms with Gasteiger partial charge in [-0.3, -0.25) is 9.79 Å². The second-order valence-corrected chi connectivity index (χ2v) is 6.13. The Balaban J connectivity index is 0.00000529. The van der Waals surface area contributed by atoms with E-state index in [0.717, 1.165) is 29.6 Å². The third-order valence-corrected chi connectivity index (χ3v) is 3.33. The summed E-state index contributed by atoms with van der Waals surface area (Å²) >= 11 is 5.91. The number of aliphatic imine (C=N–C) groups is 1. The SMILES string of the molecule is CCNC(=NCCC(=O)NC(C)C)N(C)Cc1ccc(Cl)cc1.I. The number of carbonyl (C=O) groups is 1. The largest absolute Gasteiger partial charge is 0.357 e. The fourth-order valence-electron chi connectivity index (χ4n) is 2.07. The molecule has 1 aromatic rings. The van der Waals surface area contributed by atoms with Crippen LogP contribution in [0.1, 0.15) is 32.8 Å². The maximum atomic E-state index is 11.7. The number of guanidine groups is 1. The molecule has 0 aliphatic carbocycles. The van der Waals surface area contributed by atoms with Crippen LogP contribution >= 0.6 is 35.6 Å². The van der Waals surface area contributed by atoms with E-state index in [2.05, 4.69) is 15.6 Å². The standard InChI is InChI=1S/C17H27ClN4O.HI/c1-5-19-17(20-11-10-16(23)21-13(2)3)22(4)12-14-6-8-15(18)9-7-14;/h6-9,13H,5,10-12H2,1-4H3,(H,19,20)(H,21,23);1H. The van der Waals surface area contributed by atoms with Gasteiger partial charge in [0.05, 0.1) is 6.54 Å². The number of carbonyl (C=O) groups excluding carboxylic acids is 1. The van der Waals surface area contributed by atoms with Crippen molar-refractivity contribution >= 4 is 47.4 Å². The molecule has 0 saturated heterocycles. The highest BCUT2D eigenvalue weighted by Gasteiger charge is 2.07. The molecule has 24 heavy (non-hydrogen) atoms. The van der Waals surface area contributed by atoms with Crippen molar-refractivity contribution in [2.24, 2.45) is 4.99 Å². The summed E-state index contributed by atoms with van der Waals surface area (Å²) in [6, 6.07) is 7.92. The molecule has 0 saturated carbocycles. The Morgan fingerprint density at radius 2 is 1.92 bits per heavy atom. The third-order valence-electron chi connectivity index (χ3n) is 3.08. The zero-order chi connectivity index (χ0) is 17.2. The van der Waals surface area contributed by atoms with Crippen LogP contribution in [0.4, 0.5) is 0 Å². The lowest BCUT2D eigenvalue weighted by atomic mass is 10.2. The van der Waals surface area contributed by atoms with E-state index in [9.17, 15) is 4.79 Å². The van der Waals surface area contributed by atoms with Crippen LogP contribution in [-0.4, -0.2) is 42.9 Å². The van der Waals surface area contributed by atoms with E-state index in [1.165, 1.54) is 0 Å². The quantitative estimate of drug-likeness (QED) is 0.368. The summed E-state index contributed by atoms with van der Waals surface area (Å²) < 4.78 is 0. The van der Waals surface area contributed by atoms with Crippen LogP contribution < -0.4 is 10.6 Å². The third kappa shape index (κ3) is 9.32. The van der Waals surface area contributed by atoms with Crippen molar-refractivity contribution in [2.45, 2.75) is 39.8 Å². The van der Waals surface area contributed by atoms with Crippen molar-refractivity contribution in [1.82, 2.24) is 15.5 Å². The summed E-state index contributed by atoms with van der Waals surface area (Å²) in [6.07, 6.45) is 0.391. The number of hydrogen-bond donors (Lipinski definition) is 2. The van der Waals surface area contributed by atoms with Gasteiger partial charge < -0.3 is 15.5 Å². The molecule has 0 aliphatic heterocycles. The summed E-state index contributed by atoms with van der Waals surface area (Å²) in [7, 11) is 1.98. The number of hydrogen-bond acceptors (Lipinski definition) is 2. The number of amides is 1. The molecule has 0 aromatic heterocycles. The normalized spacial score (nSPS) is 11.0. The van der Waals surface area contributed by atoms with Crippen LogP contribution in [0.25, 0.3) is 0 Å². The maximum Gasteiger partial charge on any atom is 0.222 e. The number of nitrogens with one attached hydrogen (secondary N) is 2. The molecule has 0 fully saturated rings. The van der Waals surface area contributed by atoms with E-state index < -0.39 is 0 Å². The number of benzene rings is 1. The van der Waals surface area contributed by atoms with Gasteiger partial charge in [-0.1, -0.05) is 23.7 Å². The van der Waals surface area contributed by atoms with Crippen LogP contribution in [0.3, 0.4) is 0 Å². The van der Waals surface area contributed by atoms with E-state index in [0.29, 0.717) is 13.0 Å². The molecule has 5 nitrogen and oxygen atoms in total. The average Bonchev–Trinajstić information content (AvgIpc) is 2.48. The lowest BCUT2D eigenvalue weighted by Crippen LogP contribution is -2.38. The van der Waals surface area contributed by atoms with Crippen LogP contribution in [-0.2, 0) is 11.3 Å². The Kier molecular flexibility index (Phi) is 11.8. The van der Waals surface area contributed by atoms with Gasteiger partial charge in [0, 0.05) is 37.6 Å². The van der Waals surface area contributed by atoms with E-state index in [1.54, 1.807) is 0 Å². The Morgan fingerprint density at radius 3 is 2.46 bits per heavy atom. The fraction of sp³-hybridized carbons (Fsp3) is 0.529. The van der Waals surface area contributed by atoms with E-state index in [4.69, 9.17) is 11.6 Å². The molecule has 0 bridgehead atoms. The molecule has 0 radical (unpaired) electrons. The minimum absolute atomic E-state index is 0. The molecular weight excluding hydrogens is 439 g/mol. The van der Waals surface area contributed by atoms with Crippen LogP contribution in [0.5, 0.6) is 0 Å². The lowest BCUT2D eigenvalue weighted by Gasteiger charge is -2.22. The van der Waals surface area contributed by atoms with Gasteiger partial charge in [0.1, 0.15) is 0 Å². The van der Waals surface area contributed by atoms with E-state index >= 15 is 0 Å². The lowest BCUT2D eigenvalue weighted by molar-refractivity contribution is -0.121. The summed E-state index contributed by atoms with van der Waals surface area (Å²) in [5.74, 6) is 0.819. The van der Waals surface area contributed by atoms with Gasteiger partial charge in [-0.25, -0.2) is 0 Å². The highest BCUT2D eigenvalue weighted by Crippen LogP contribution is 2.11. The first kappa shape index (κ1) is 23.0. The zero-order valence-corrected chi connectivity index (χ0v) is 17.9. The minimum Gasteiger partial charge on any atom is -0.357 e. The van der Waals surface area contributed by atoms with Crippen LogP contribution in [0.2, 0.25) is 5.02 Å². The van der Waals surface area contributed by atoms with Crippen molar-refractivity contribution in [2.75, 3.05) is 20.1 Å². The smallest absolute Gasteiger partial charge is 0.222 e. The van der Waals surface area contributed by atoms with Crippen molar-refractivity contribution in [3.63, 3.8) is 0 Å². The molecule has 136 valence electrons. The molecule has 1 amide bonds. The Labute approximate surface area is 167 Å². The highest BCUT2D eigenvalue weighted by atomic mass is 127. The van der Waals surface area contributed by atoms with E-state index in [-0.39, 0.29) is 35.9 Å². The molecule has 7 heteroatoms. The molecule has 0 spiro atoms. The molecule has 0 heterocycles. The summed E-state index contributed by atoms with van der Waals surface area (Å²) in [5, 5.41) is 6.84. The number of halogens is 2. The van der Waals surface area contributed by atoms with E-state index in [1.807, 2.05) is 57.0 Å². The predicted octanol–water partition coefficient (Wildman–Crippen LogP) is 3.27. The minimum atomic E-state index is 0. The zero-order valence-electron chi connectivity index (χ0n) is 14.8. The first-order chi connectivity index (χ1) is 10.9. The second kappa shape index (κ2) is 12.4. The summed E-state index contributed by atoms with van der Waals surface area (Å²) in [4.78, 5) is 18.2. The molecule has 0 atom stereocenters. The van der Waals surface area contributed by atoms with Gasteiger partial charge in [-0.2, -0.15) is 0 Å². The average molecular weight is 467 g/mol. The second-order valence-electron chi connectivity index (χ2n) is 5.69. The van der Waals surface area contributed by atoms with Gasteiger partial charge in [-0.15, -0.1) is 24.0 Å². The molecule has 1 aromatic carbocycles. The van der Waals surface area contributed by atoms with Gasteiger partial charge in [0.25, 0.3) is 0 Å². The number of rotatable bonds is 7. The monoisotopic (exact) mass is 466 g/mol.